The Kier molecular flexibility index (Phi) is 3.89. The summed E-state index contributed by atoms with van der Waals surface area (Å²) < 4.78 is 5.17. The molecule has 0 aliphatic heterocycles. The highest BCUT2D eigenvalue weighted by atomic mass is 16.5. The van der Waals surface area contributed by atoms with Gasteiger partial charge in [0.25, 0.3) is 0 Å². The van der Waals surface area contributed by atoms with Gasteiger partial charge in [0.05, 0.1) is 7.11 Å². The molecule has 0 aromatic heterocycles. The summed E-state index contributed by atoms with van der Waals surface area (Å²) in [6, 6.07) is 22.9. The molecule has 0 aliphatic carbocycles. The van der Waals surface area contributed by atoms with Crippen molar-refractivity contribution in [1.82, 2.24) is 0 Å². The summed E-state index contributed by atoms with van der Waals surface area (Å²) in [6.45, 7) is 0. The average Bonchev–Trinajstić information content (AvgIpc) is 2.55. The molecule has 2 N–H and O–H groups in total. The van der Waals surface area contributed by atoms with Gasteiger partial charge in [-0.25, -0.2) is 0 Å². The van der Waals surface area contributed by atoms with Crippen molar-refractivity contribution in [2.45, 2.75) is 12.5 Å². The van der Waals surface area contributed by atoms with Gasteiger partial charge in [0.2, 0.25) is 0 Å². The minimum Gasteiger partial charge on any atom is -0.497 e. The third-order valence-electron chi connectivity index (χ3n) is 3.81. The number of benzene rings is 3. The van der Waals surface area contributed by atoms with Crippen LogP contribution in [0.15, 0.2) is 66.7 Å². The highest BCUT2D eigenvalue weighted by molar-refractivity contribution is 5.83. The number of hydrogen-bond donors (Lipinski definition) is 1. The summed E-state index contributed by atoms with van der Waals surface area (Å²) in [6.07, 6.45) is 0.831. The molecule has 1 atom stereocenters. The predicted octanol–water partition coefficient (Wildman–Crippen LogP) is 4.09. The average molecular weight is 277 g/mol. The van der Waals surface area contributed by atoms with Crippen molar-refractivity contribution in [3.05, 3.63) is 77.9 Å². The number of rotatable bonds is 4. The SMILES string of the molecule is COc1ccc(C(N)Cc2ccc3ccccc3c2)cc1. The standard InChI is InChI=1S/C19H19NO/c1-21-18-10-8-16(9-11-18)19(20)13-14-6-7-15-4-2-3-5-17(15)12-14/h2-12,19H,13,20H2,1H3. The molecule has 0 saturated carbocycles. The van der Waals surface area contributed by atoms with Crippen LogP contribution in [0.5, 0.6) is 5.75 Å². The van der Waals surface area contributed by atoms with Crippen molar-refractivity contribution in [2.24, 2.45) is 5.73 Å². The van der Waals surface area contributed by atoms with Gasteiger partial charge in [-0.1, -0.05) is 54.6 Å². The van der Waals surface area contributed by atoms with E-state index in [1.165, 1.54) is 16.3 Å². The summed E-state index contributed by atoms with van der Waals surface area (Å²) in [4.78, 5) is 0. The summed E-state index contributed by atoms with van der Waals surface area (Å²) >= 11 is 0. The first-order chi connectivity index (χ1) is 10.3. The van der Waals surface area contributed by atoms with E-state index < -0.39 is 0 Å². The van der Waals surface area contributed by atoms with Crippen molar-refractivity contribution in [2.75, 3.05) is 7.11 Å². The first-order valence-corrected chi connectivity index (χ1v) is 7.13. The van der Waals surface area contributed by atoms with Gasteiger partial charge in [0.15, 0.2) is 0 Å². The first-order valence-electron chi connectivity index (χ1n) is 7.13. The van der Waals surface area contributed by atoms with Crippen LogP contribution in [-0.2, 0) is 6.42 Å². The lowest BCUT2D eigenvalue weighted by molar-refractivity contribution is 0.414. The van der Waals surface area contributed by atoms with Gasteiger partial charge >= 0.3 is 0 Å². The highest BCUT2D eigenvalue weighted by Crippen LogP contribution is 2.22. The third-order valence-corrected chi connectivity index (χ3v) is 3.81. The third kappa shape index (κ3) is 3.06. The van der Waals surface area contributed by atoms with Gasteiger partial charge in [-0.3, -0.25) is 0 Å². The molecule has 0 bridgehead atoms. The van der Waals surface area contributed by atoms with Crippen LogP contribution in [0.2, 0.25) is 0 Å². The molecule has 0 amide bonds. The minimum atomic E-state index is -0.00271. The molecule has 3 rings (SSSR count). The summed E-state index contributed by atoms with van der Waals surface area (Å²) in [5, 5.41) is 2.52. The quantitative estimate of drug-likeness (QED) is 0.779. The van der Waals surface area contributed by atoms with Gasteiger partial charge in [0, 0.05) is 6.04 Å². The van der Waals surface area contributed by atoms with Crippen molar-refractivity contribution in [3.63, 3.8) is 0 Å². The molecular formula is C19H19NO. The largest absolute Gasteiger partial charge is 0.497 e. The van der Waals surface area contributed by atoms with Gasteiger partial charge in [0.1, 0.15) is 5.75 Å². The number of fused-ring (bicyclic) bond motifs is 1. The van der Waals surface area contributed by atoms with E-state index in [0.29, 0.717) is 0 Å². The Bertz CT molecular complexity index is 734. The second-order valence-corrected chi connectivity index (χ2v) is 5.27. The lowest BCUT2D eigenvalue weighted by atomic mass is 9.97. The molecule has 21 heavy (non-hydrogen) atoms. The van der Waals surface area contributed by atoms with Crippen LogP contribution in [0.1, 0.15) is 17.2 Å². The van der Waals surface area contributed by atoms with Crippen LogP contribution in [0.4, 0.5) is 0 Å². The highest BCUT2D eigenvalue weighted by Gasteiger charge is 2.08. The van der Waals surface area contributed by atoms with Crippen LogP contribution in [-0.4, -0.2) is 7.11 Å². The smallest absolute Gasteiger partial charge is 0.118 e. The van der Waals surface area contributed by atoms with Crippen molar-refractivity contribution in [1.29, 1.82) is 0 Å². The van der Waals surface area contributed by atoms with E-state index in [1.54, 1.807) is 7.11 Å². The van der Waals surface area contributed by atoms with Gasteiger partial charge in [-0.15, -0.1) is 0 Å². The van der Waals surface area contributed by atoms with Crippen LogP contribution in [0.3, 0.4) is 0 Å². The van der Waals surface area contributed by atoms with E-state index >= 15 is 0 Å². The van der Waals surface area contributed by atoms with E-state index in [4.69, 9.17) is 10.5 Å². The molecule has 0 heterocycles. The van der Waals surface area contributed by atoms with Crippen molar-refractivity contribution in [3.8, 4) is 5.75 Å². The molecule has 0 saturated heterocycles. The summed E-state index contributed by atoms with van der Waals surface area (Å²) in [5.74, 6) is 0.858. The summed E-state index contributed by atoms with van der Waals surface area (Å²) in [5.41, 5.74) is 8.71. The van der Waals surface area contributed by atoms with Gasteiger partial charge in [-0.2, -0.15) is 0 Å². The molecule has 2 nitrogen and oxygen atoms in total. The lowest BCUT2D eigenvalue weighted by Gasteiger charge is -2.13. The van der Waals surface area contributed by atoms with Gasteiger partial charge in [-0.05, 0) is 40.5 Å². The van der Waals surface area contributed by atoms with Crippen LogP contribution < -0.4 is 10.5 Å². The molecule has 0 aliphatic rings. The maximum Gasteiger partial charge on any atom is 0.118 e. The fraction of sp³-hybridized carbons (Fsp3) is 0.158. The molecule has 0 radical (unpaired) electrons. The number of hydrogen-bond acceptors (Lipinski definition) is 2. The zero-order valence-electron chi connectivity index (χ0n) is 12.1. The molecule has 0 spiro atoms. The predicted molar refractivity (Wildman–Crippen MR) is 87.6 cm³/mol. The fourth-order valence-electron chi connectivity index (χ4n) is 2.59. The Hall–Kier alpha value is -2.32. The zero-order valence-corrected chi connectivity index (χ0v) is 12.1. The van der Waals surface area contributed by atoms with Crippen LogP contribution >= 0.6 is 0 Å². The number of ether oxygens (including phenoxy) is 1. The van der Waals surface area contributed by atoms with Crippen molar-refractivity contribution < 1.29 is 4.74 Å². The van der Waals surface area contributed by atoms with Crippen LogP contribution in [0, 0.1) is 0 Å². The Morgan fingerprint density at radius 3 is 2.33 bits per heavy atom. The molecular weight excluding hydrogens is 258 g/mol. The zero-order chi connectivity index (χ0) is 14.7. The molecule has 0 fully saturated rings. The molecule has 3 aromatic carbocycles. The molecule has 2 heteroatoms. The van der Waals surface area contributed by atoms with E-state index in [1.807, 2.05) is 24.3 Å². The number of nitrogens with two attached hydrogens (primary N) is 1. The van der Waals surface area contributed by atoms with Crippen molar-refractivity contribution >= 4 is 10.8 Å². The van der Waals surface area contributed by atoms with E-state index in [0.717, 1.165) is 17.7 Å². The normalized spacial score (nSPS) is 12.3. The molecule has 1 unspecified atom stereocenters. The minimum absolute atomic E-state index is 0.00271. The maximum atomic E-state index is 6.32. The van der Waals surface area contributed by atoms with E-state index in [2.05, 4.69) is 42.5 Å². The second-order valence-electron chi connectivity index (χ2n) is 5.27. The molecule has 106 valence electrons. The second kappa shape index (κ2) is 5.98. The van der Waals surface area contributed by atoms with E-state index in [9.17, 15) is 0 Å². The fourth-order valence-corrected chi connectivity index (χ4v) is 2.59. The monoisotopic (exact) mass is 277 g/mol. The Labute approximate surface area is 125 Å². The summed E-state index contributed by atoms with van der Waals surface area (Å²) in [7, 11) is 1.67. The number of methoxy groups -OCH3 is 1. The van der Waals surface area contributed by atoms with Crippen LogP contribution in [0.25, 0.3) is 10.8 Å². The Morgan fingerprint density at radius 2 is 1.62 bits per heavy atom. The molecule has 3 aromatic rings. The lowest BCUT2D eigenvalue weighted by Crippen LogP contribution is -2.13. The van der Waals surface area contributed by atoms with Gasteiger partial charge < -0.3 is 10.5 Å². The topological polar surface area (TPSA) is 35.2 Å². The first kappa shape index (κ1) is 13.7. The Morgan fingerprint density at radius 1 is 0.905 bits per heavy atom. The van der Waals surface area contributed by atoms with E-state index in [-0.39, 0.29) is 6.04 Å². The maximum absolute atomic E-state index is 6.32. The Balaban J connectivity index is 1.79.